The Morgan fingerprint density at radius 2 is 0.846 bits per heavy atom. The van der Waals surface area contributed by atoms with E-state index in [1.165, 1.54) is 0 Å². The quantitative estimate of drug-likeness (QED) is 0.408. The summed E-state index contributed by atoms with van der Waals surface area (Å²) < 4.78 is 23.5. The highest BCUT2D eigenvalue weighted by Gasteiger charge is 2.45. The molecule has 0 saturated carbocycles. The van der Waals surface area contributed by atoms with Crippen LogP contribution < -0.4 is 10.6 Å². The minimum Gasteiger partial charge on any atom is -0.204 e. The molecule has 6 heteroatoms. The van der Waals surface area contributed by atoms with Gasteiger partial charge in [0.2, 0.25) is 0 Å². The van der Waals surface area contributed by atoms with E-state index in [9.17, 15) is 0 Å². The van der Waals surface area contributed by atoms with E-state index in [1.54, 1.807) is 28.4 Å². The van der Waals surface area contributed by atoms with Gasteiger partial charge in [-0.25, -0.2) is 18.1 Å². The first-order valence-corrected chi connectivity index (χ1v) is 12.4. The Hall–Kier alpha value is -0.860. The highest BCUT2D eigenvalue weighted by atomic mass is 31.2. The molecular formula is C20H30O4P2+2. The average Bonchev–Trinajstić information content (AvgIpc) is 2.73. The van der Waals surface area contributed by atoms with E-state index in [2.05, 4.69) is 24.3 Å². The van der Waals surface area contributed by atoms with Gasteiger partial charge in [0, 0.05) is 0 Å². The van der Waals surface area contributed by atoms with Crippen LogP contribution >= 0.6 is 15.4 Å². The first-order valence-electron chi connectivity index (χ1n) is 8.76. The Morgan fingerprint density at radius 1 is 0.538 bits per heavy atom. The molecule has 0 amide bonds. The second kappa shape index (κ2) is 10.5. The lowest BCUT2D eigenvalue weighted by Gasteiger charge is -2.22. The van der Waals surface area contributed by atoms with Crippen LogP contribution in [0.15, 0.2) is 60.7 Å². The van der Waals surface area contributed by atoms with Crippen LogP contribution in [0.2, 0.25) is 0 Å². The molecule has 0 heterocycles. The van der Waals surface area contributed by atoms with Gasteiger partial charge in [0.15, 0.2) is 10.6 Å². The number of benzene rings is 2. The molecule has 0 aliphatic rings. The zero-order valence-electron chi connectivity index (χ0n) is 16.1. The van der Waals surface area contributed by atoms with E-state index in [1.807, 2.05) is 36.4 Å². The molecule has 0 unspecified atom stereocenters. The zero-order chi connectivity index (χ0) is 18.9. The minimum atomic E-state index is -2.05. The van der Waals surface area contributed by atoms with Gasteiger partial charge in [-0.15, -0.1) is 0 Å². The molecule has 26 heavy (non-hydrogen) atoms. The molecule has 142 valence electrons. The summed E-state index contributed by atoms with van der Waals surface area (Å²) in [7, 11) is 2.88. The fourth-order valence-electron chi connectivity index (χ4n) is 3.14. The first kappa shape index (κ1) is 21.4. The lowest BCUT2D eigenvalue weighted by atomic mass is 10.4. The Bertz CT molecular complexity index is 571. The second-order valence-corrected chi connectivity index (χ2v) is 12.0. The number of hydrogen-bond donors (Lipinski definition) is 0. The summed E-state index contributed by atoms with van der Waals surface area (Å²) in [6, 6.07) is 20.5. The highest BCUT2D eigenvalue weighted by Crippen LogP contribution is 2.61. The van der Waals surface area contributed by atoms with Gasteiger partial charge < -0.3 is 0 Å². The maximum atomic E-state index is 5.88. The smallest absolute Gasteiger partial charge is 0.204 e. The molecule has 0 aromatic heterocycles. The molecule has 0 aliphatic heterocycles. The van der Waals surface area contributed by atoms with E-state index in [-0.39, 0.29) is 0 Å². The summed E-state index contributed by atoms with van der Waals surface area (Å²) in [5.41, 5.74) is 0. The van der Waals surface area contributed by atoms with E-state index in [4.69, 9.17) is 18.1 Å². The standard InChI is InChI=1S/C20H30O4P2/c1-21-25(22-2,19-13-7-5-8-14-19)17-11-12-18-26(23-3,24-4)20-15-9-6-10-16-20/h5-10,13-16H,11-12,17-18H2,1-4H3/q+2. The fraction of sp³-hybridized carbons (Fsp3) is 0.400. The van der Waals surface area contributed by atoms with Crippen molar-refractivity contribution in [2.75, 3.05) is 40.8 Å². The van der Waals surface area contributed by atoms with Gasteiger partial charge in [-0.3, -0.25) is 0 Å². The molecule has 0 saturated heterocycles. The van der Waals surface area contributed by atoms with Crippen LogP contribution in [0, 0.1) is 0 Å². The summed E-state index contributed by atoms with van der Waals surface area (Å²) in [4.78, 5) is 0. The summed E-state index contributed by atoms with van der Waals surface area (Å²) in [5.74, 6) is 0. The van der Waals surface area contributed by atoms with Crippen molar-refractivity contribution in [3.8, 4) is 0 Å². The summed E-state index contributed by atoms with van der Waals surface area (Å²) in [6.07, 6.45) is 3.75. The van der Waals surface area contributed by atoms with Gasteiger partial charge >= 0.3 is 15.4 Å². The molecule has 0 atom stereocenters. The molecule has 0 radical (unpaired) electrons. The van der Waals surface area contributed by atoms with Gasteiger partial charge in [-0.1, -0.05) is 36.4 Å². The van der Waals surface area contributed by atoms with Crippen LogP contribution in [0.5, 0.6) is 0 Å². The second-order valence-electron chi connectivity index (χ2n) is 5.90. The molecule has 2 aromatic carbocycles. The van der Waals surface area contributed by atoms with Gasteiger partial charge in [-0.05, 0) is 37.1 Å². The monoisotopic (exact) mass is 396 g/mol. The summed E-state index contributed by atoms with van der Waals surface area (Å²) in [6.45, 7) is 0. The fourth-order valence-corrected chi connectivity index (χ4v) is 8.06. The molecule has 2 aromatic rings. The zero-order valence-corrected chi connectivity index (χ0v) is 17.9. The van der Waals surface area contributed by atoms with Crippen molar-refractivity contribution in [1.29, 1.82) is 0 Å². The molecule has 4 nitrogen and oxygen atoms in total. The Kier molecular flexibility index (Phi) is 8.63. The molecule has 2 rings (SSSR count). The SMILES string of the molecule is CO[P+](CCCC[P+](OC)(OC)c1ccccc1)(OC)c1ccccc1. The van der Waals surface area contributed by atoms with Crippen LogP contribution in [-0.4, -0.2) is 40.8 Å². The van der Waals surface area contributed by atoms with E-state index in [0.717, 1.165) is 35.8 Å². The Morgan fingerprint density at radius 3 is 1.12 bits per heavy atom. The molecular weight excluding hydrogens is 366 g/mol. The van der Waals surface area contributed by atoms with Crippen molar-refractivity contribution < 1.29 is 18.1 Å². The van der Waals surface area contributed by atoms with E-state index in [0.29, 0.717) is 0 Å². The minimum absolute atomic E-state index is 0.881. The third kappa shape index (κ3) is 4.89. The van der Waals surface area contributed by atoms with Crippen LogP contribution in [0.25, 0.3) is 0 Å². The van der Waals surface area contributed by atoms with Gasteiger partial charge in [0.05, 0.1) is 28.4 Å². The predicted octanol–water partition coefficient (Wildman–Crippen LogP) is 4.70. The summed E-state index contributed by atoms with van der Waals surface area (Å²) in [5, 5.41) is 2.29. The van der Waals surface area contributed by atoms with Crippen molar-refractivity contribution in [3.63, 3.8) is 0 Å². The topological polar surface area (TPSA) is 36.9 Å². The number of hydrogen-bond acceptors (Lipinski definition) is 4. The maximum absolute atomic E-state index is 5.88. The largest absolute Gasteiger partial charge is 0.306 e. The molecule has 0 bridgehead atoms. The van der Waals surface area contributed by atoms with Crippen molar-refractivity contribution >= 4 is 26.0 Å². The van der Waals surface area contributed by atoms with Crippen molar-refractivity contribution in [3.05, 3.63) is 60.7 Å². The molecule has 0 aliphatic carbocycles. The van der Waals surface area contributed by atoms with Crippen LogP contribution in [-0.2, 0) is 18.1 Å². The molecule has 0 spiro atoms. The highest BCUT2D eigenvalue weighted by molar-refractivity contribution is 7.74. The molecule has 0 N–H and O–H groups in total. The first-order chi connectivity index (χ1) is 12.7. The van der Waals surface area contributed by atoms with Gasteiger partial charge in [-0.2, -0.15) is 0 Å². The van der Waals surface area contributed by atoms with Crippen molar-refractivity contribution in [2.24, 2.45) is 0 Å². The Labute approximate surface area is 158 Å². The van der Waals surface area contributed by atoms with Crippen LogP contribution in [0.4, 0.5) is 0 Å². The maximum Gasteiger partial charge on any atom is 0.306 e. The van der Waals surface area contributed by atoms with E-state index >= 15 is 0 Å². The number of rotatable bonds is 11. The average molecular weight is 396 g/mol. The van der Waals surface area contributed by atoms with Crippen LogP contribution in [0.3, 0.4) is 0 Å². The van der Waals surface area contributed by atoms with Crippen molar-refractivity contribution in [1.82, 2.24) is 0 Å². The van der Waals surface area contributed by atoms with Crippen LogP contribution in [0.1, 0.15) is 12.8 Å². The number of unbranched alkanes of at least 4 members (excludes halogenated alkanes) is 1. The third-order valence-corrected chi connectivity index (χ3v) is 11.0. The normalized spacial score (nSPS) is 12.3. The van der Waals surface area contributed by atoms with Crippen molar-refractivity contribution in [2.45, 2.75) is 12.8 Å². The summed E-state index contributed by atoms with van der Waals surface area (Å²) >= 11 is 0. The van der Waals surface area contributed by atoms with E-state index < -0.39 is 15.4 Å². The lowest BCUT2D eigenvalue weighted by Crippen LogP contribution is -2.19. The van der Waals surface area contributed by atoms with Gasteiger partial charge in [0.1, 0.15) is 12.3 Å². The Balaban J connectivity index is 2.03. The molecule has 0 fully saturated rings. The third-order valence-electron chi connectivity index (χ3n) is 4.63. The predicted molar refractivity (Wildman–Crippen MR) is 113 cm³/mol. The lowest BCUT2D eigenvalue weighted by molar-refractivity contribution is 0.321. The van der Waals surface area contributed by atoms with Gasteiger partial charge in [0.25, 0.3) is 0 Å².